The molecule has 5 heteroatoms. The van der Waals surface area contributed by atoms with Crippen molar-refractivity contribution in [2.45, 2.75) is 27.2 Å². The molecule has 3 aromatic rings. The van der Waals surface area contributed by atoms with Crippen LogP contribution in [0.5, 0.6) is 5.75 Å². The standard InChI is InChI=1S/C22H17O4S/c23-21-15-20(22(24)26-21)25-16-11-13-19(14-12-16)27(17-7-3-1-4-8-17)18-9-5-2-6-10-18/h1-14,20H,15H2/q+1. The van der Waals surface area contributed by atoms with Crippen LogP contribution in [0.25, 0.3) is 0 Å². The van der Waals surface area contributed by atoms with Crippen molar-refractivity contribution in [3.63, 3.8) is 0 Å². The lowest BCUT2D eigenvalue weighted by Crippen LogP contribution is -2.21. The molecular formula is C22H17O4S+. The van der Waals surface area contributed by atoms with Crippen LogP contribution in [0, 0.1) is 0 Å². The fourth-order valence-corrected chi connectivity index (χ4v) is 4.97. The topological polar surface area (TPSA) is 52.6 Å². The number of cyclic esters (lactones) is 2. The maximum Gasteiger partial charge on any atom is 0.355 e. The molecule has 0 bridgehead atoms. The lowest BCUT2D eigenvalue weighted by atomic mass is 10.3. The van der Waals surface area contributed by atoms with Crippen molar-refractivity contribution < 1.29 is 19.1 Å². The molecule has 1 aliphatic rings. The van der Waals surface area contributed by atoms with Crippen molar-refractivity contribution in [3.8, 4) is 5.75 Å². The van der Waals surface area contributed by atoms with Gasteiger partial charge in [-0.3, -0.25) is 4.79 Å². The van der Waals surface area contributed by atoms with Gasteiger partial charge >= 0.3 is 11.9 Å². The van der Waals surface area contributed by atoms with Crippen molar-refractivity contribution in [2.75, 3.05) is 0 Å². The zero-order valence-corrected chi connectivity index (χ0v) is 15.2. The Morgan fingerprint density at radius 1 is 0.741 bits per heavy atom. The van der Waals surface area contributed by atoms with E-state index < -0.39 is 18.0 Å². The molecule has 1 saturated heterocycles. The highest BCUT2D eigenvalue weighted by Crippen LogP contribution is 2.32. The number of esters is 2. The summed E-state index contributed by atoms with van der Waals surface area (Å²) in [7, 11) is -0.241. The normalized spacial score (nSPS) is 16.4. The summed E-state index contributed by atoms with van der Waals surface area (Å²) in [6.45, 7) is 0. The smallest absolute Gasteiger partial charge is 0.355 e. The van der Waals surface area contributed by atoms with E-state index in [1.54, 1.807) is 0 Å². The van der Waals surface area contributed by atoms with Gasteiger partial charge in [0.25, 0.3) is 0 Å². The zero-order chi connectivity index (χ0) is 18.6. The molecule has 3 aromatic carbocycles. The van der Waals surface area contributed by atoms with E-state index in [0.717, 1.165) is 4.90 Å². The van der Waals surface area contributed by atoms with E-state index in [0.29, 0.717) is 5.75 Å². The predicted octanol–water partition coefficient (Wildman–Crippen LogP) is 4.00. The molecule has 0 aromatic heterocycles. The Hall–Kier alpha value is -3.05. The van der Waals surface area contributed by atoms with Crippen molar-refractivity contribution in [1.82, 2.24) is 0 Å². The molecule has 1 aliphatic heterocycles. The van der Waals surface area contributed by atoms with E-state index in [-0.39, 0.29) is 17.3 Å². The largest absolute Gasteiger partial charge is 0.478 e. The van der Waals surface area contributed by atoms with Gasteiger partial charge in [0, 0.05) is 0 Å². The third kappa shape index (κ3) is 3.88. The quantitative estimate of drug-likeness (QED) is 0.383. The molecule has 0 N–H and O–H groups in total. The van der Waals surface area contributed by atoms with Crippen LogP contribution in [0.15, 0.2) is 99.6 Å². The highest BCUT2D eigenvalue weighted by molar-refractivity contribution is 7.97. The number of hydrogen-bond donors (Lipinski definition) is 0. The lowest BCUT2D eigenvalue weighted by molar-refractivity contribution is -0.154. The van der Waals surface area contributed by atoms with Crippen LogP contribution >= 0.6 is 0 Å². The minimum atomic E-state index is -0.857. The molecule has 4 nitrogen and oxygen atoms in total. The van der Waals surface area contributed by atoms with Gasteiger partial charge in [-0.25, -0.2) is 4.79 Å². The summed E-state index contributed by atoms with van der Waals surface area (Å²) in [5.41, 5.74) is 0. The Morgan fingerprint density at radius 2 is 1.26 bits per heavy atom. The first-order valence-electron chi connectivity index (χ1n) is 8.56. The highest BCUT2D eigenvalue weighted by Gasteiger charge is 2.35. The summed E-state index contributed by atoms with van der Waals surface area (Å²) in [4.78, 5) is 26.3. The summed E-state index contributed by atoms with van der Waals surface area (Å²) in [5, 5.41) is 0. The van der Waals surface area contributed by atoms with Gasteiger partial charge in [-0.05, 0) is 48.5 Å². The maximum absolute atomic E-state index is 11.6. The SMILES string of the molecule is O=C1CC(Oc2ccc([S+](c3ccccc3)c3ccccc3)cc2)C(=O)O1. The second-order valence-electron chi connectivity index (χ2n) is 6.01. The number of hydrogen-bond acceptors (Lipinski definition) is 4. The van der Waals surface area contributed by atoms with Crippen LogP contribution in [0.4, 0.5) is 0 Å². The molecule has 1 heterocycles. The third-order valence-electron chi connectivity index (χ3n) is 4.12. The van der Waals surface area contributed by atoms with E-state index >= 15 is 0 Å². The molecule has 0 aliphatic carbocycles. The van der Waals surface area contributed by atoms with Gasteiger partial charge in [0.15, 0.2) is 14.7 Å². The number of ether oxygens (including phenoxy) is 2. The molecule has 4 rings (SSSR count). The van der Waals surface area contributed by atoms with E-state index in [9.17, 15) is 9.59 Å². The van der Waals surface area contributed by atoms with Gasteiger partial charge < -0.3 is 9.47 Å². The van der Waals surface area contributed by atoms with Crippen LogP contribution in [0.3, 0.4) is 0 Å². The third-order valence-corrected chi connectivity index (χ3v) is 6.36. The second kappa shape index (κ2) is 7.68. The van der Waals surface area contributed by atoms with Gasteiger partial charge in [-0.15, -0.1) is 0 Å². The fourth-order valence-electron chi connectivity index (χ4n) is 2.88. The second-order valence-corrected chi connectivity index (χ2v) is 8.03. The summed E-state index contributed by atoms with van der Waals surface area (Å²) in [6, 6.07) is 28.3. The molecule has 134 valence electrons. The van der Waals surface area contributed by atoms with Crippen molar-refractivity contribution in [2.24, 2.45) is 0 Å². The first-order chi connectivity index (χ1) is 13.2. The number of carbonyl (C=O) groups is 2. The predicted molar refractivity (Wildman–Crippen MR) is 102 cm³/mol. The van der Waals surface area contributed by atoms with E-state index in [1.165, 1.54) is 9.79 Å². The van der Waals surface area contributed by atoms with E-state index in [4.69, 9.17) is 4.74 Å². The van der Waals surface area contributed by atoms with Crippen molar-refractivity contribution in [3.05, 3.63) is 84.9 Å². The number of benzene rings is 3. The maximum atomic E-state index is 11.6. The summed E-state index contributed by atoms with van der Waals surface area (Å²) in [5.74, 6) is -0.631. The molecule has 1 atom stereocenters. The van der Waals surface area contributed by atoms with Crippen LogP contribution in [0.1, 0.15) is 6.42 Å². The van der Waals surface area contributed by atoms with Crippen LogP contribution in [0.2, 0.25) is 0 Å². The Morgan fingerprint density at radius 3 is 1.74 bits per heavy atom. The summed E-state index contributed by atoms with van der Waals surface area (Å²) in [6.07, 6.45) is -0.899. The van der Waals surface area contributed by atoms with Crippen molar-refractivity contribution in [1.29, 1.82) is 0 Å². The van der Waals surface area contributed by atoms with Crippen LogP contribution in [-0.4, -0.2) is 18.0 Å². The van der Waals surface area contributed by atoms with E-state index in [2.05, 4.69) is 29.0 Å². The Balaban J connectivity index is 1.61. The van der Waals surface area contributed by atoms with Crippen molar-refractivity contribution >= 4 is 22.8 Å². The minimum Gasteiger partial charge on any atom is -0.478 e. The molecular weight excluding hydrogens is 360 g/mol. The molecule has 0 radical (unpaired) electrons. The first-order valence-corrected chi connectivity index (χ1v) is 9.79. The molecule has 0 spiro atoms. The first kappa shape index (κ1) is 17.4. The summed E-state index contributed by atoms with van der Waals surface area (Å²) < 4.78 is 10.1. The zero-order valence-electron chi connectivity index (χ0n) is 14.4. The molecule has 0 amide bonds. The molecule has 1 fully saturated rings. The minimum absolute atomic E-state index is 0.0427. The van der Waals surface area contributed by atoms with Gasteiger partial charge in [0.05, 0.1) is 17.3 Å². The van der Waals surface area contributed by atoms with Gasteiger partial charge in [0.2, 0.25) is 6.10 Å². The van der Waals surface area contributed by atoms with Crippen LogP contribution in [-0.2, 0) is 25.2 Å². The average Bonchev–Trinajstić information content (AvgIpc) is 3.02. The van der Waals surface area contributed by atoms with E-state index in [1.807, 2.05) is 60.7 Å². The monoisotopic (exact) mass is 377 g/mol. The summed E-state index contributed by atoms with van der Waals surface area (Å²) >= 11 is 0. The fraction of sp³-hybridized carbons (Fsp3) is 0.0909. The Labute approximate surface area is 160 Å². The number of carbonyl (C=O) groups excluding carboxylic acids is 2. The lowest BCUT2D eigenvalue weighted by Gasteiger charge is -2.11. The molecule has 1 unspecified atom stereocenters. The Bertz CT molecular complexity index is 900. The van der Waals surface area contributed by atoms with Gasteiger partial charge in [0.1, 0.15) is 5.75 Å². The Kier molecular flexibility index (Phi) is 4.94. The molecule has 27 heavy (non-hydrogen) atoms. The van der Waals surface area contributed by atoms with Gasteiger partial charge in [-0.1, -0.05) is 36.4 Å². The van der Waals surface area contributed by atoms with Gasteiger partial charge in [-0.2, -0.15) is 0 Å². The highest BCUT2D eigenvalue weighted by atomic mass is 32.2. The number of rotatable bonds is 5. The molecule has 0 saturated carbocycles. The average molecular weight is 377 g/mol. The van der Waals surface area contributed by atoms with Crippen LogP contribution < -0.4 is 4.74 Å².